The lowest BCUT2D eigenvalue weighted by Crippen LogP contribution is -2.33. The third-order valence-corrected chi connectivity index (χ3v) is 3.25. The van der Waals surface area contributed by atoms with Gasteiger partial charge in [-0.15, -0.1) is 0 Å². The maximum atomic E-state index is 6.23. The monoisotopic (exact) mass is 181 g/mol. The summed E-state index contributed by atoms with van der Waals surface area (Å²) >= 11 is 6.23. The summed E-state index contributed by atoms with van der Waals surface area (Å²) in [4.78, 5) is -0.642. The molecular weight excluding hydrogens is 170 g/mol. The van der Waals surface area contributed by atoms with Crippen molar-refractivity contribution < 1.29 is 0 Å². The number of halogens is 1. The normalized spacial score (nSPS) is 33.4. The Morgan fingerprint density at radius 1 is 1.50 bits per heavy atom. The van der Waals surface area contributed by atoms with E-state index in [-0.39, 0.29) is 0 Å². The van der Waals surface area contributed by atoms with Crippen LogP contribution < -0.4 is 5.73 Å². The Balaban J connectivity index is 2.55. The maximum absolute atomic E-state index is 6.23. The molecule has 64 valence electrons. The van der Waals surface area contributed by atoms with Gasteiger partial charge in [-0.1, -0.05) is 42.8 Å². The summed E-state index contributed by atoms with van der Waals surface area (Å²) in [5.74, 6) is 0.330. The molecule has 0 aliphatic heterocycles. The molecule has 2 rings (SSSR count). The SMILES string of the molecule is CC1Cc2ccccc2C1(N)Cl. The van der Waals surface area contributed by atoms with Crippen molar-refractivity contribution in [3.63, 3.8) is 0 Å². The lowest BCUT2D eigenvalue weighted by Gasteiger charge is -2.21. The van der Waals surface area contributed by atoms with Gasteiger partial charge >= 0.3 is 0 Å². The number of hydrogen-bond donors (Lipinski definition) is 1. The Hall–Kier alpha value is -0.530. The first kappa shape index (κ1) is 8.09. The van der Waals surface area contributed by atoms with Gasteiger partial charge in [0.15, 0.2) is 0 Å². The molecule has 0 amide bonds. The second-order valence-electron chi connectivity index (χ2n) is 3.53. The highest BCUT2D eigenvalue weighted by molar-refractivity contribution is 6.24. The van der Waals surface area contributed by atoms with Gasteiger partial charge in [-0.3, -0.25) is 0 Å². The van der Waals surface area contributed by atoms with E-state index in [2.05, 4.69) is 13.0 Å². The van der Waals surface area contributed by atoms with Gasteiger partial charge in [0, 0.05) is 0 Å². The average molecular weight is 182 g/mol. The summed E-state index contributed by atoms with van der Waals surface area (Å²) in [6.07, 6.45) is 0.996. The van der Waals surface area contributed by atoms with E-state index in [0.29, 0.717) is 5.92 Å². The number of benzene rings is 1. The predicted molar refractivity (Wildman–Crippen MR) is 51.0 cm³/mol. The molecule has 1 aromatic carbocycles. The smallest absolute Gasteiger partial charge is 0.120 e. The van der Waals surface area contributed by atoms with Gasteiger partial charge in [0.25, 0.3) is 0 Å². The Bertz CT molecular complexity index is 306. The second kappa shape index (κ2) is 2.48. The standard InChI is InChI=1S/C10H12ClN/c1-7-6-8-4-2-3-5-9(8)10(7,11)12/h2-5,7H,6,12H2,1H3. The maximum Gasteiger partial charge on any atom is 0.120 e. The molecule has 1 aromatic rings. The predicted octanol–water partition coefficient (Wildman–Crippen LogP) is 2.23. The molecule has 2 N–H and O–H groups in total. The minimum Gasteiger partial charge on any atom is -0.309 e. The third kappa shape index (κ3) is 0.970. The zero-order valence-corrected chi connectivity index (χ0v) is 7.81. The van der Waals surface area contributed by atoms with Crippen molar-refractivity contribution in [3.8, 4) is 0 Å². The van der Waals surface area contributed by atoms with Crippen molar-refractivity contribution in [1.29, 1.82) is 0 Å². The molecular formula is C10H12ClN. The van der Waals surface area contributed by atoms with E-state index in [1.165, 1.54) is 5.56 Å². The molecule has 0 aromatic heterocycles. The van der Waals surface area contributed by atoms with Gasteiger partial charge < -0.3 is 5.73 Å². The van der Waals surface area contributed by atoms with Crippen molar-refractivity contribution in [2.75, 3.05) is 0 Å². The van der Waals surface area contributed by atoms with Crippen molar-refractivity contribution >= 4 is 11.6 Å². The Labute approximate surface area is 77.5 Å². The van der Waals surface area contributed by atoms with Crippen LogP contribution >= 0.6 is 11.6 Å². The fourth-order valence-corrected chi connectivity index (χ4v) is 2.08. The molecule has 1 aliphatic carbocycles. The van der Waals surface area contributed by atoms with Crippen LogP contribution in [0, 0.1) is 5.92 Å². The van der Waals surface area contributed by atoms with Crippen LogP contribution in [-0.4, -0.2) is 0 Å². The van der Waals surface area contributed by atoms with Gasteiger partial charge in [-0.05, 0) is 23.5 Å². The van der Waals surface area contributed by atoms with Crippen molar-refractivity contribution in [1.82, 2.24) is 0 Å². The van der Waals surface area contributed by atoms with Crippen LogP contribution in [0.1, 0.15) is 18.1 Å². The highest BCUT2D eigenvalue weighted by Gasteiger charge is 2.38. The fourth-order valence-electron chi connectivity index (χ4n) is 1.82. The molecule has 0 fully saturated rings. The van der Waals surface area contributed by atoms with Crippen LogP contribution in [0.15, 0.2) is 24.3 Å². The minimum atomic E-state index is -0.642. The molecule has 0 bridgehead atoms. The molecule has 2 atom stereocenters. The number of rotatable bonds is 0. The molecule has 0 radical (unpaired) electrons. The first-order valence-corrected chi connectivity index (χ1v) is 4.56. The third-order valence-electron chi connectivity index (χ3n) is 2.67. The molecule has 0 heterocycles. The molecule has 12 heavy (non-hydrogen) atoms. The molecule has 0 spiro atoms. The van der Waals surface area contributed by atoms with Crippen LogP contribution in [0.4, 0.5) is 0 Å². The molecule has 0 saturated carbocycles. The summed E-state index contributed by atoms with van der Waals surface area (Å²) in [6.45, 7) is 2.09. The second-order valence-corrected chi connectivity index (χ2v) is 4.16. The largest absolute Gasteiger partial charge is 0.309 e. The van der Waals surface area contributed by atoms with Gasteiger partial charge in [-0.2, -0.15) is 0 Å². The van der Waals surface area contributed by atoms with Crippen molar-refractivity contribution in [2.24, 2.45) is 11.7 Å². The molecule has 2 unspecified atom stereocenters. The molecule has 0 saturated heterocycles. The van der Waals surface area contributed by atoms with E-state index in [0.717, 1.165) is 12.0 Å². The lowest BCUT2D eigenvalue weighted by molar-refractivity contribution is 0.457. The van der Waals surface area contributed by atoms with Gasteiger partial charge in [0.2, 0.25) is 0 Å². The van der Waals surface area contributed by atoms with Crippen LogP contribution in [0.2, 0.25) is 0 Å². The van der Waals surface area contributed by atoms with Crippen LogP contribution in [0.25, 0.3) is 0 Å². The lowest BCUT2D eigenvalue weighted by atomic mass is 10.0. The molecule has 1 nitrogen and oxygen atoms in total. The highest BCUT2D eigenvalue weighted by atomic mass is 35.5. The number of alkyl halides is 1. The highest BCUT2D eigenvalue weighted by Crippen LogP contribution is 2.41. The first-order chi connectivity index (χ1) is 5.62. The summed E-state index contributed by atoms with van der Waals surface area (Å²) in [6, 6.07) is 8.14. The number of hydrogen-bond acceptors (Lipinski definition) is 1. The van der Waals surface area contributed by atoms with E-state index < -0.39 is 5.00 Å². The summed E-state index contributed by atoms with van der Waals surface area (Å²) in [5.41, 5.74) is 8.39. The van der Waals surface area contributed by atoms with E-state index in [9.17, 15) is 0 Å². The average Bonchev–Trinajstić information content (AvgIpc) is 2.25. The molecule has 1 aliphatic rings. The van der Waals surface area contributed by atoms with Gasteiger partial charge in [0.1, 0.15) is 5.00 Å². The van der Waals surface area contributed by atoms with Gasteiger partial charge in [0.05, 0.1) is 0 Å². The van der Waals surface area contributed by atoms with Gasteiger partial charge in [-0.25, -0.2) is 0 Å². The van der Waals surface area contributed by atoms with Crippen LogP contribution in [0.5, 0.6) is 0 Å². The number of nitrogens with two attached hydrogens (primary N) is 1. The zero-order valence-electron chi connectivity index (χ0n) is 7.05. The zero-order chi connectivity index (χ0) is 8.77. The quantitative estimate of drug-likeness (QED) is 0.482. The van der Waals surface area contributed by atoms with E-state index in [1.807, 2.05) is 18.2 Å². The topological polar surface area (TPSA) is 26.0 Å². The Kier molecular flexibility index (Phi) is 1.67. The minimum absolute atomic E-state index is 0.330. The fraction of sp³-hybridized carbons (Fsp3) is 0.400. The first-order valence-electron chi connectivity index (χ1n) is 4.18. The van der Waals surface area contributed by atoms with Crippen LogP contribution in [0.3, 0.4) is 0 Å². The van der Waals surface area contributed by atoms with E-state index >= 15 is 0 Å². The summed E-state index contributed by atoms with van der Waals surface area (Å²) in [5, 5.41) is 0. The van der Waals surface area contributed by atoms with Crippen molar-refractivity contribution in [3.05, 3.63) is 35.4 Å². The number of fused-ring (bicyclic) bond motifs is 1. The van der Waals surface area contributed by atoms with E-state index in [1.54, 1.807) is 0 Å². The van der Waals surface area contributed by atoms with Crippen LogP contribution in [-0.2, 0) is 11.4 Å². The summed E-state index contributed by atoms with van der Waals surface area (Å²) in [7, 11) is 0. The Morgan fingerprint density at radius 2 is 2.17 bits per heavy atom. The summed E-state index contributed by atoms with van der Waals surface area (Å²) < 4.78 is 0. The molecule has 2 heteroatoms. The Morgan fingerprint density at radius 3 is 2.83 bits per heavy atom. The van der Waals surface area contributed by atoms with Crippen molar-refractivity contribution in [2.45, 2.75) is 18.3 Å². The van der Waals surface area contributed by atoms with E-state index in [4.69, 9.17) is 17.3 Å².